The second-order valence-electron chi connectivity index (χ2n) is 3.68. The number of hydrogen-bond donors (Lipinski definition) is 2. The zero-order valence-electron chi connectivity index (χ0n) is 9.39. The van der Waals surface area contributed by atoms with Crippen molar-refractivity contribution in [1.82, 2.24) is 0 Å². The van der Waals surface area contributed by atoms with E-state index in [9.17, 15) is 9.18 Å². The zero-order valence-corrected chi connectivity index (χ0v) is 9.39. The van der Waals surface area contributed by atoms with Crippen LogP contribution in [0, 0.1) is 5.82 Å². The Morgan fingerprint density at radius 1 is 1.11 bits per heavy atom. The molecule has 0 fully saturated rings. The first-order chi connectivity index (χ1) is 8.56. The third-order valence-corrected chi connectivity index (χ3v) is 2.32. The number of ether oxygens (including phenoxy) is 1. The van der Waals surface area contributed by atoms with E-state index in [-0.39, 0.29) is 5.75 Å². The van der Waals surface area contributed by atoms with E-state index in [0.717, 1.165) is 0 Å². The molecule has 4 N–H and O–H groups in total. The van der Waals surface area contributed by atoms with Gasteiger partial charge in [0.1, 0.15) is 5.75 Å². The molecule has 0 heterocycles. The van der Waals surface area contributed by atoms with Crippen molar-refractivity contribution in [3.63, 3.8) is 0 Å². The molecule has 0 spiro atoms. The van der Waals surface area contributed by atoms with E-state index in [1.807, 2.05) is 0 Å². The molecular weight excluding hydrogens is 235 g/mol. The van der Waals surface area contributed by atoms with E-state index >= 15 is 0 Å². The summed E-state index contributed by atoms with van der Waals surface area (Å²) in [4.78, 5) is 10.9. The quantitative estimate of drug-likeness (QED) is 0.815. The predicted molar refractivity (Wildman–Crippen MR) is 65.8 cm³/mol. The van der Waals surface area contributed by atoms with Crippen LogP contribution in [0.5, 0.6) is 11.5 Å². The molecule has 0 saturated carbocycles. The number of anilines is 1. The number of nitrogens with two attached hydrogens (primary N) is 2. The summed E-state index contributed by atoms with van der Waals surface area (Å²) in [6.07, 6.45) is 0. The molecular formula is C13H11FN2O2. The summed E-state index contributed by atoms with van der Waals surface area (Å²) in [6, 6.07) is 10.2. The van der Waals surface area contributed by atoms with Crippen LogP contribution >= 0.6 is 0 Å². The molecule has 0 unspecified atom stereocenters. The highest BCUT2D eigenvalue weighted by Gasteiger charge is 2.06. The average Bonchev–Trinajstić information content (AvgIpc) is 2.33. The monoisotopic (exact) mass is 246 g/mol. The number of amides is 1. The Bertz CT molecular complexity index is 582. The van der Waals surface area contributed by atoms with E-state index in [1.165, 1.54) is 42.5 Å². The molecule has 2 rings (SSSR count). The van der Waals surface area contributed by atoms with Gasteiger partial charge in [-0.15, -0.1) is 0 Å². The van der Waals surface area contributed by atoms with Crippen LogP contribution in [0.4, 0.5) is 10.1 Å². The van der Waals surface area contributed by atoms with E-state index in [0.29, 0.717) is 17.0 Å². The number of nitrogen functional groups attached to an aromatic ring is 1. The van der Waals surface area contributed by atoms with Crippen LogP contribution in [0.3, 0.4) is 0 Å². The Hall–Kier alpha value is -2.56. The number of benzene rings is 2. The highest BCUT2D eigenvalue weighted by Crippen LogP contribution is 2.25. The number of hydrogen-bond acceptors (Lipinski definition) is 3. The van der Waals surface area contributed by atoms with Gasteiger partial charge in [0.05, 0.1) is 0 Å². The van der Waals surface area contributed by atoms with Crippen molar-refractivity contribution in [1.29, 1.82) is 0 Å². The molecule has 0 aliphatic carbocycles. The maximum atomic E-state index is 13.5. The van der Waals surface area contributed by atoms with Crippen LogP contribution in [0.2, 0.25) is 0 Å². The van der Waals surface area contributed by atoms with Gasteiger partial charge < -0.3 is 16.2 Å². The summed E-state index contributed by atoms with van der Waals surface area (Å²) in [5.74, 6) is -0.603. The Kier molecular flexibility index (Phi) is 3.14. The molecule has 0 aromatic heterocycles. The normalized spacial score (nSPS) is 10.1. The van der Waals surface area contributed by atoms with Crippen LogP contribution in [0.25, 0.3) is 0 Å². The molecule has 2 aromatic carbocycles. The van der Waals surface area contributed by atoms with Crippen molar-refractivity contribution in [3.05, 3.63) is 53.8 Å². The van der Waals surface area contributed by atoms with Crippen molar-refractivity contribution < 1.29 is 13.9 Å². The Balaban J connectivity index is 2.21. The zero-order chi connectivity index (χ0) is 13.1. The number of halogens is 1. The van der Waals surface area contributed by atoms with Gasteiger partial charge in [0.25, 0.3) is 0 Å². The largest absolute Gasteiger partial charge is 0.454 e. The average molecular weight is 246 g/mol. The molecule has 1 amide bonds. The summed E-state index contributed by atoms with van der Waals surface area (Å²) in [6.45, 7) is 0. The molecule has 0 atom stereocenters. The smallest absolute Gasteiger partial charge is 0.248 e. The molecule has 5 heteroatoms. The molecule has 0 aliphatic heterocycles. The highest BCUT2D eigenvalue weighted by atomic mass is 19.1. The fourth-order valence-electron chi connectivity index (χ4n) is 1.41. The third kappa shape index (κ3) is 2.57. The van der Waals surface area contributed by atoms with Gasteiger partial charge in [-0.05, 0) is 36.4 Å². The SMILES string of the molecule is NC(=O)c1ccc(Oc2ccc(N)cc2F)cc1. The minimum Gasteiger partial charge on any atom is -0.454 e. The summed E-state index contributed by atoms with van der Waals surface area (Å²) < 4.78 is 18.8. The molecule has 0 radical (unpaired) electrons. The fourth-order valence-corrected chi connectivity index (χ4v) is 1.41. The van der Waals surface area contributed by atoms with Crippen molar-refractivity contribution in [3.8, 4) is 11.5 Å². The molecule has 0 bridgehead atoms. The van der Waals surface area contributed by atoms with Gasteiger partial charge in [-0.3, -0.25) is 4.79 Å². The van der Waals surface area contributed by atoms with Gasteiger partial charge in [-0.25, -0.2) is 4.39 Å². The van der Waals surface area contributed by atoms with E-state index in [1.54, 1.807) is 0 Å². The van der Waals surface area contributed by atoms with Crippen LogP contribution in [0.1, 0.15) is 10.4 Å². The van der Waals surface area contributed by atoms with Crippen molar-refractivity contribution in [2.24, 2.45) is 5.73 Å². The lowest BCUT2D eigenvalue weighted by molar-refractivity contribution is 0.100. The van der Waals surface area contributed by atoms with Gasteiger partial charge in [0, 0.05) is 17.3 Å². The highest BCUT2D eigenvalue weighted by molar-refractivity contribution is 5.92. The Morgan fingerprint density at radius 3 is 2.33 bits per heavy atom. The van der Waals surface area contributed by atoms with Crippen LogP contribution in [-0.4, -0.2) is 5.91 Å². The molecule has 18 heavy (non-hydrogen) atoms. The first-order valence-electron chi connectivity index (χ1n) is 5.19. The summed E-state index contributed by atoms with van der Waals surface area (Å²) in [5, 5.41) is 0. The summed E-state index contributed by atoms with van der Waals surface area (Å²) >= 11 is 0. The minimum absolute atomic E-state index is 0.0658. The summed E-state index contributed by atoms with van der Waals surface area (Å²) in [7, 11) is 0. The topological polar surface area (TPSA) is 78.3 Å². The van der Waals surface area contributed by atoms with Gasteiger partial charge in [-0.2, -0.15) is 0 Å². The van der Waals surface area contributed by atoms with Gasteiger partial charge in [0.2, 0.25) is 5.91 Å². The number of primary amides is 1. The number of carbonyl (C=O) groups is 1. The maximum absolute atomic E-state index is 13.5. The minimum atomic E-state index is -0.547. The fraction of sp³-hybridized carbons (Fsp3) is 0. The molecule has 2 aromatic rings. The predicted octanol–water partition coefficient (Wildman–Crippen LogP) is 2.30. The first-order valence-corrected chi connectivity index (χ1v) is 5.19. The molecule has 4 nitrogen and oxygen atoms in total. The van der Waals surface area contributed by atoms with Crippen LogP contribution in [0.15, 0.2) is 42.5 Å². The molecule has 0 aliphatic rings. The first kappa shape index (κ1) is 11.9. The third-order valence-electron chi connectivity index (χ3n) is 2.32. The van der Waals surface area contributed by atoms with Crippen molar-refractivity contribution in [2.45, 2.75) is 0 Å². The van der Waals surface area contributed by atoms with Crippen LogP contribution in [-0.2, 0) is 0 Å². The molecule has 0 saturated heterocycles. The lowest BCUT2D eigenvalue weighted by Crippen LogP contribution is -2.10. The standard InChI is InChI=1S/C13H11FN2O2/c14-11-7-9(15)3-6-12(11)18-10-4-1-8(2-5-10)13(16)17/h1-7H,15H2,(H2,16,17). The summed E-state index contributed by atoms with van der Waals surface area (Å²) in [5.41, 5.74) is 11.2. The van der Waals surface area contributed by atoms with E-state index in [4.69, 9.17) is 16.2 Å². The van der Waals surface area contributed by atoms with E-state index in [2.05, 4.69) is 0 Å². The Morgan fingerprint density at radius 2 is 1.78 bits per heavy atom. The lowest BCUT2D eigenvalue weighted by Gasteiger charge is -2.07. The second kappa shape index (κ2) is 4.75. The van der Waals surface area contributed by atoms with Gasteiger partial charge in [-0.1, -0.05) is 0 Å². The van der Waals surface area contributed by atoms with Crippen molar-refractivity contribution >= 4 is 11.6 Å². The van der Waals surface area contributed by atoms with Crippen LogP contribution < -0.4 is 16.2 Å². The van der Waals surface area contributed by atoms with Gasteiger partial charge >= 0.3 is 0 Å². The van der Waals surface area contributed by atoms with E-state index < -0.39 is 11.7 Å². The number of carbonyl (C=O) groups excluding carboxylic acids is 1. The molecule has 92 valence electrons. The Labute approximate surface area is 103 Å². The second-order valence-corrected chi connectivity index (χ2v) is 3.68. The lowest BCUT2D eigenvalue weighted by atomic mass is 10.2. The van der Waals surface area contributed by atoms with Gasteiger partial charge in [0.15, 0.2) is 11.6 Å². The number of rotatable bonds is 3. The van der Waals surface area contributed by atoms with Crippen molar-refractivity contribution in [2.75, 3.05) is 5.73 Å². The maximum Gasteiger partial charge on any atom is 0.248 e.